The number of aliphatic hydroxyl groups excluding tert-OH is 1. The van der Waals surface area contributed by atoms with Crippen molar-refractivity contribution in [2.45, 2.75) is 38.3 Å². The minimum Gasteiger partial charge on any atom is -0.445 e. The number of ether oxygens (including phenoxy) is 1. The molecular formula is C15H21NO3. The van der Waals surface area contributed by atoms with Gasteiger partial charge in [0.2, 0.25) is 0 Å². The lowest BCUT2D eigenvalue weighted by Crippen LogP contribution is -2.56. The molecule has 1 atom stereocenters. The number of carbonyl (C=O) groups excluding carboxylic acids is 1. The second-order valence-electron chi connectivity index (χ2n) is 5.39. The van der Waals surface area contributed by atoms with Gasteiger partial charge in [0.05, 0.1) is 12.1 Å². The van der Waals surface area contributed by atoms with Crippen LogP contribution in [0.25, 0.3) is 0 Å². The number of hydrogen-bond acceptors (Lipinski definition) is 3. The third-order valence-corrected chi connectivity index (χ3v) is 3.94. The highest BCUT2D eigenvalue weighted by molar-refractivity contribution is 5.68. The average Bonchev–Trinajstić information content (AvgIpc) is 2.35. The minimum atomic E-state index is -0.563. The van der Waals surface area contributed by atoms with Crippen LogP contribution >= 0.6 is 0 Å². The Bertz CT molecular complexity index is 417. The maximum Gasteiger partial charge on any atom is 0.407 e. The molecule has 1 fully saturated rings. The largest absolute Gasteiger partial charge is 0.445 e. The van der Waals surface area contributed by atoms with Crippen molar-refractivity contribution in [3.05, 3.63) is 35.9 Å². The molecule has 0 saturated heterocycles. The summed E-state index contributed by atoms with van der Waals surface area (Å²) in [5, 5.41) is 12.3. The number of nitrogens with one attached hydrogen (secondary N) is 1. The fourth-order valence-corrected chi connectivity index (χ4v) is 2.31. The predicted octanol–water partition coefficient (Wildman–Crippen LogP) is 2.46. The second-order valence-corrected chi connectivity index (χ2v) is 5.39. The topological polar surface area (TPSA) is 58.6 Å². The third-order valence-electron chi connectivity index (χ3n) is 3.94. The van der Waals surface area contributed by atoms with Gasteiger partial charge in [0, 0.05) is 0 Å². The van der Waals surface area contributed by atoms with E-state index < -0.39 is 11.6 Å². The van der Waals surface area contributed by atoms with Crippen molar-refractivity contribution in [3.63, 3.8) is 0 Å². The zero-order chi connectivity index (χ0) is 13.7. The number of carbonyl (C=O) groups is 1. The number of benzene rings is 1. The first kappa shape index (κ1) is 13.9. The molecule has 1 aliphatic carbocycles. The van der Waals surface area contributed by atoms with Crippen LogP contribution in [0.4, 0.5) is 4.79 Å². The van der Waals surface area contributed by atoms with Crippen molar-refractivity contribution in [2.75, 3.05) is 6.61 Å². The van der Waals surface area contributed by atoms with Gasteiger partial charge in [-0.05, 0) is 31.2 Å². The second kappa shape index (κ2) is 6.06. The van der Waals surface area contributed by atoms with E-state index in [4.69, 9.17) is 4.74 Å². The fraction of sp³-hybridized carbons (Fsp3) is 0.533. The number of aliphatic hydroxyl groups is 1. The van der Waals surface area contributed by atoms with Crippen molar-refractivity contribution in [1.29, 1.82) is 0 Å². The molecule has 2 N–H and O–H groups in total. The molecule has 19 heavy (non-hydrogen) atoms. The molecule has 1 aromatic carbocycles. The van der Waals surface area contributed by atoms with Crippen molar-refractivity contribution >= 4 is 6.09 Å². The standard InChI is InChI=1S/C15H21NO3/c1-15(11-17,13-8-5-9-13)16-14(18)19-10-12-6-3-2-4-7-12/h2-4,6-7,13,17H,5,8-11H2,1H3,(H,16,18). The molecule has 1 aromatic rings. The van der Waals surface area contributed by atoms with Crippen LogP contribution in [0.1, 0.15) is 31.7 Å². The first-order valence-electron chi connectivity index (χ1n) is 6.74. The molecule has 1 unspecified atom stereocenters. The van der Waals surface area contributed by atoms with E-state index in [2.05, 4.69) is 5.32 Å². The number of amides is 1. The zero-order valence-electron chi connectivity index (χ0n) is 11.3. The van der Waals surface area contributed by atoms with E-state index in [0.29, 0.717) is 5.92 Å². The van der Waals surface area contributed by atoms with Crippen LogP contribution in [0.3, 0.4) is 0 Å². The molecule has 0 heterocycles. The van der Waals surface area contributed by atoms with E-state index >= 15 is 0 Å². The normalized spacial score (nSPS) is 18.2. The van der Waals surface area contributed by atoms with Gasteiger partial charge in [-0.2, -0.15) is 0 Å². The summed E-state index contributed by atoms with van der Waals surface area (Å²) in [6.45, 7) is 2.07. The smallest absolute Gasteiger partial charge is 0.407 e. The van der Waals surface area contributed by atoms with E-state index in [1.807, 2.05) is 37.3 Å². The first-order chi connectivity index (χ1) is 9.14. The van der Waals surface area contributed by atoms with Gasteiger partial charge in [-0.25, -0.2) is 4.79 Å². The third kappa shape index (κ3) is 3.47. The van der Waals surface area contributed by atoms with Gasteiger partial charge in [-0.3, -0.25) is 0 Å². The molecule has 0 bridgehead atoms. The van der Waals surface area contributed by atoms with Gasteiger partial charge in [-0.15, -0.1) is 0 Å². The van der Waals surface area contributed by atoms with Crippen molar-refractivity contribution in [1.82, 2.24) is 5.32 Å². The molecule has 0 aliphatic heterocycles. The van der Waals surface area contributed by atoms with Gasteiger partial charge in [0.15, 0.2) is 0 Å². The molecular weight excluding hydrogens is 242 g/mol. The van der Waals surface area contributed by atoms with E-state index in [0.717, 1.165) is 18.4 Å². The predicted molar refractivity (Wildman–Crippen MR) is 72.6 cm³/mol. The quantitative estimate of drug-likeness (QED) is 0.858. The van der Waals surface area contributed by atoms with E-state index in [1.54, 1.807) is 0 Å². The Hall–Kier alpha value is -1.55. The van der Waals surface area contributed by atoms with Crippen LogP contribution in [0.5, 0.6) is 0 Å². The number of hydrogen-bond donors (Lipinski definition) is 2. The highest BCUT2D eigenvalue weighted by Crippen LogP contribution is 2.35. The van der Waals surface area contributed by atoms with Crippen molar-refractivity contribution in [3.8, 4) is 0 Å². The molecule has 0 spiro atoms. The van der Waals surface area contributed by atoms with Crippen LogP contribution < -0.4 is 5.32 Å². The minimum absolute atomic E-state index is 0.0574. The molecule has 0 radical (unpaired) electrons. The maximum absolute atomic E-state index is 11.8. The Morgan fingerprint density at radius 1 is 1.42 bits per heavy atom. The van der Waals surface area contributed by atoms with Gasteiger partial charge < -0.3 is 15.2 Å². The van der Waals surface area contributed by atoms with E-state index in [-0.39, 0.29) is 13.2 Å². The molecule has 1 aliphatic rings. The summed E-state index contributed by atoms with van der Waals surface area (Å²) in [4.78, 5) is 11.8. The summed E-state index contributed by atoms with van der Waals surface area (Å²) < 4.78 is 5.18. The lowest BCUT2D eigenvalue weighted by molar-refractivity contribution is 0.0597. The van der Waals surface area contributed by atoms with E-state index in [1.165, 1.54) is 6.42 Å². The highest BCUT2D eigenvalue weighted by atomic mass is 16.5. The first-order valence-corrected chi connectivity index (χ1v) is 6.74. The molecule has 4 heteroatoms. The van der Waals surface area contributed by atoms with Gasteiger partial charge in [0.1, 0.15) is 6.61 Å². The fourth-order valence-electron chi connectivity index (χ4n) is 2.31. The zero-order valence-corrected chi connectivity index (χ0v) is 11.3. The van der Waals surface area contributed by atoms with Crippen LogP contribution in [0, 0.1) is 5.92 Å². The van der Waals surface area contributed by atoms with Crippen LogP contribution in [0.2, 0.25) is 0 Å². The molecule has 4 nitrogen and oxygen atoms in total. The molecule has 1 saturated carbocycles. The molecule has 104 valence electrons. The molecule has 1 amide bonds. The summed E-state index contributed by atoms with van der Waals surface area (Å²) >= 11 is 0. The summed E-state index contributed by atoms with van der Waals surface area (Å²) in [5.41, 5.74) is 0.387. The van der Waals surface area contributed by atoms with Crippen LogP contribution in [-0.2, 0) is 11.3 Å². The van der Waals surface area contributed by atoms with Gasteiger partial charge >= 0.3 is 6.09 Å². The summed E-state index contributed by atoms with van der Waals surface area (Å²) in [6.07, 6.45) is 2.81. The number of rotatable bonds is 5. The van der Waals surface area contributed by atoms with Crippen LogP contribution in [-0.4, -0.2) is 23.3 Å². The highest BCUT2D eigenvalue weighted by Gasteiger charge is 2.39. The Morgan fingerprint density at radius 3 is 2.63 bits per heavy atom. The Kier molecular flexibility index (Phi) is 4.43. The Morgan fingerprint density at radius 2 is 2.11 bits per heavy atom. The average molecular weight is 263 g/mol. The SMILES string of the molecule is CC(CO)(NC(=O)OCc1ccccc1)C1CCC1. The molecule has 0 aromatic heterocycles. The number of alkyl carbamates (subject to hydrolysis) is 1. The van der Waals surface area contributed by atoms with E-state index in [9.17, 15) is 9.90 Å². The molecule has 2 rings (SSSR count). The summed E-state index contributed by atoms with van der Waals surface area (Å²) in [6, 6.07) is 9.55. The maximum atomic E-state index is 11.8. The summed E-state index contributed by atoms with van der Waals surface area (Å²) in [7, 11) is 0. The monoisotopic (exact) mass is 263 g/mol. The lowest BCUT2D eigenvalue weighted by Gasteiger charge is -2.41. The Balaban J connectivity index is 1.83. The van der Waals surface area contributed by atoms with Gasteiger partial charge in [-0.1, -0.05) is 36.8 Å². The summed E-state index contributed by atoms with van der Waals surface area (Å²) in [5.74, 6) is 0.349. The Labute approximate surface area is 113 Å². The lowest BCUT2D eigenvalue weighted by atomic mass is 9.72. The van der Waals surface area contributed by atoms with Crippen molar-refractivity contribution < 1.29 is 14.6 Å². The van der Waals surface area contributed by atoms with Crippen molar-refractivity contribution in [2.24, 2.45) is 5.92 Å². The van der Waals surface area contributed by atoms with Gasteiger partial charge in [0.25, 0.3) is 0 Å². The van der Waals surface area contributed by atoms with Crippen LogP contribution in [0.15, 0.2) is 30.3 Å².